The second-order valence-electron chi connectivity index (χ2n) is 5.07. The summed E-state index contributed by atoms with van der Waals surface area (Å²) in [4.78, 5) is 4.60. The number of nitrogens with one attached hydrogen (secondary N) is 2. The molecule has 19 heavy (non-hydrogen) atoms. The molecule has 2 unspecified atom stereocenters. The molecule has 2 rings (SSSR count). The fourth-order valence-electron chi connectivity index (χ4n) is 2.01. The van der Waals surface area contributed by atoms with Crippen molar-refractivity contribution >= 4 is 17.6 Å². The van der Waals surface area contributed by atoms with Crippen LogP contribution in [0.3, 0.4) is 0 Å². The normalized spacial score (nSPS) is 22.2. The van der Waals surface area contributed by atoms with Crippen molar-refractivity contribution in [2.45, 2.75) is 32.7 Å². The first-order valence-corrected chi connectivity index (χ1v) is 7.36. The number of aliphatic imine (C=N–C) groups is 1. The third kappa shape index (κ3) is 4.43. The molecule has 4 heteroatoms. The molecule has 2 atom stereocenters. The molecular formula is C15H22ClN3. The van der Waals surface area contributed by atoms with Gasteiger partial charge in [-0.05, 0) is 37.3 Å². The molecular weight excluding hydrogens is 258 g/mol. The van der Waals surface area contributed by atoms with Gasteiger partial charge in [-0.15, -0.1) is 0 Å². The molecule has 0 amide bonds. The van der Waals surface area contributed by atoms with E-state index in [0.717, 1.165) is 42.0 Å². The van der Waals surface area contributed by atoms with Gasteiger partial charge in [0.2, 0.25) is 0 Å². The number of hydrogen-bond acceptors (Lipinski definition) is 1. The van der Waals surface area contributed by atoms with Crippen LogP contribution in [-0.2, 0) is 6.42 Å². The van der Waals surface area contributed by atoms with Gasteiger partial charge in [0.15, 0.2) is 5.96 Å². The van der Waals surface area contributed by atoms with Gasteiger partial charge in [0.05, 0.1) is 0 Å². The molecule has 1 saturated carbocycles. The predicted molar refractivity (Wildman–Crippen MR) is 81.8 cm³/mol. The first kappa shape index (κ1) is 14.2. The van der Waals surface area contributed by atoms with E-state index in [-0.39, 0.29) is 0 Å². The van der Waals surface area contributed by atoms with Crippen molar-refractivity contribution < 1.29 is 0 Å². The largest absolute Gasteiger partial charge is 0.357 e. The number of guanidine groups is 1. The topological polar surface area (TPSA) is 36.4 Å². The Balaban J connectivity index is 1.85. The monoisotopic (exact) mass is 279 g/mol. The van der Waals surface area contributed by atoms with Crippen molar-refractivity contribution in [1.29, 1.82) is 0 Å². The Bertz CT molecular complexity index is 445. The average molecular weight is 280 g/mol. The molecule has 2 N–H and O–H groups in total. The highest BCUT2D eigenvalue weighted by Crippen LogP contribution is 2.28. The SMILES string of the molecule is CCNC(=NCCc1ccccc1Cl)NC1CC1C. The highest BCUT2D eigenvalue weighted by atomic mass is 35.5. The van der Waals surface area contributed by atoms with Crippen LogP contribution in [0.5, 0.6) is 0 Å². The highest BCUT2D eigenvalue weighted by molar-refractivity contribution is 6.31. The van der Waals surface area contributed by atoms with E-state index in [9.17, 15) is 0 Å². The molecule has 0 spiro atoms. The van der Waals surface area contributed by atoms with E-state index < -0.39 is 0 Å². The van der Waals surface area contributed by atoms with Crippen molar-refractivity contribution in [3.05, 3.63) is 34.9 Å². The Morgan fingerprint density at radius 2 is 2.16 bits per heavy atom. The van der Waals surface area contributed by atoms with E-state index in [2.05, 4.69) is 35.5 Å². The molecule has 1 aromatic carbocycles. The summed E-state index contributed by atoms with van der Waals surface area (Å²) in [6.45, 7) is 5.98. The van der Waals surface area contributed by atoms with Crippen molar-refractivity contribution in [2.24, 2.45) is 10.9 Å². The maximum Gasteiger partial charge on any atom is 0.191 e. The molecule has 0 aromatic heterocycles. The lowest BCUT2D eigenvalue weighted by Gasteiger charge is -2.10. The molecule has 1 aromatic rings. The lowest BCUT2D eigenvalue weighted by atomic mass is 10.1. The molecule has 1 aliphatic rings. The maximum atomic E-state index is 6.13. The average Bonchev–Trinajstić information content (AvgIpc) is 3.07. The van der Waals surface area contributed by atoms with Crippen molar-refractivity contribution in [1.82, 2.24) is 10.6 Å². The quantitative estimate of drug-likeness (QED) is 0.642. The summed E-state index contributed by atoms with van der Waals surface area (Å²) in [7, 11) is 0. The molecule has 0 saturated heterocycles. The summed E-state index contributed by atoms with van der Waals surface area (Å²) >= 11 is 6.13. The Hall–Kier alpha value is -1.22. The fourth-order valence-corrected chi connectivity index (χ4v) is 2.24. The van der Waals surface area contributed by atoms with E-state index in [1.54, 1.807) is 0 Å². The van der Waals surface area contributed by atoms with Crippen LogP contribution in [0.2, 0.25) is 5.02 Å². The van der Waals surface area contributed by atoms with Crippen molar-refractivity contribution in [3.63, 3.8) is 0 Å². The summed E-state index contributed by atoms with van der Waals surface area (Å²) in [6.07, 6.45) is 2.12. The Morgan fingerprint density at radius 1 is 1.42 bits per heavy atom. The molecule has 0 bridgehead atoms. The number of hydrogen-bond donors (Lipinski definition) is 2. The number of halogens is 1. The maximum absolute atomic E-state index is 6.13. The third-order valence-electron chi connectivity index (χ3n) is 3.38. The summed E-state index contributed by atoms with van der Waals surface area (Å²) in [5, 5.41) is 7.56. The van der Waals surface area contributed by atoms with E-state index in [1.807, 2.05) is 18.2 Å². The van der Waals surface area contributed by atoms with Crippen LogP contribution in [0.4, 0.5) is 0 Å². The predicted octanol–water partition coefficient (Wildman–Crippen LogP) is 2.85. The van der Waals surface area contributed by atoms with E-state index in [0.29, 0.717) is 6.04 Å². The number of rotatable bonds is 5. The van der Waals surface area contributed by atoms with Crippen molar-refractivity contribution in [2.75, 3.05) is 13.1 Å². The summed E-state index contributed by atoms with van der Waals surface area (Å²) in [5.74, 6) is 1.69. The number of benzene rings is 1. The van der Waals surface area contributed by atoms with Gasteiger partial charge in [0, 0.05) is 24.2 Å². The number of nitrogens with zero attached hydrogens (tertiary/aromatic N) is 1. The smallest absolute Gasteiger partial charge is 0.191 e. The van der Waals surface area contributed by atoms with Gasteiger partial charge in [0.25, 0.3) is 0 Å². The zero-order valence-electron chi connectivity index (χ0n) is 11.6. The van der Waals surface area contributed by atoms with Gasteiger partial charge < -0.3 is 10.6 Å². The van der Waals surface area contributed by atoms with Crippen LogP contribution in [0.1, 0.15) is 25.8 Å². The third-order valence-corrected chi connectivity index (χ3v) is 3.75. The second kappa shape index (κ2) is 6.80. The van der Waals surface area contributed by atoms with Crippen LogP contribution in [0.25, 0.3) is 0 Å². The summed E-state index contributed by atoms with van der Waals surface area (Å²) in [5.41, 5.74) is 1.16. The molecule has 3 nitrogen and oxygen atoms in total. The standard InChI is InChI=1S/C15H22ClN3/c1-3-17-15(19-14-10-11(14)2)18-9-8-12-6-4-5-7-13(12)16/h4-7,11,14H,3,8-10H2,1-2H3,(H2,17,18,19). The lowest BCUT2D eigenvalue weighted by Crippen LogP contribution is -2.39. The minimum Gasteiger partial charge on any atom is -0.357 e. The zero-order valence-corrected chi connectivity index (χ0v) is 12.4. The molecule has 0 aliphatic heterocycles. The Kier molecular flexibility index (Phi) is 5.08. The van der Waals surface area contributed by atoms with Gasteiger partial charge in [-0.1, -0.05) is 36.7 Å². The fraction of sp³-hybridized carbons (Fsp3) is 0.533. The molecule has 0 radical (unpaired) electrons. The lowest BCUT2D eigenvalue weighted by molar-refractivity contribution is 0.765. The van der Waals surface area contributed by atoms with Gasteiger partial charge in [-0.25, -0.2) is 0 Å². The Labute approximate surface area is 120 Å². The van der Waals surface area contributed by atoms with E-state index in [4.69, 9.17) is 11.6 Å². The van der Waals surface area contributed by atoms with Crippen molar-refractivity contribution in [3.8, 4) is 0 Å². The summed E-state index contributed by atoms with van der Waals surface area (Å²) < 4.78 is 0. The first-order chi connectivity index (χ1) is 9.20. The first-order valence-electron chi connectivity index (χ1n) is 6.99. The van der Waals surface area contributed by atoms with Gasteiger partial charge >= 0.3 is 0 Å². The van der Waals surface area contributed by atoms with E-state index in [1.165, 1.54) is 6.42 Å². The molecule has 0 heterocycles. The Morgan fingerprint density at radius 3 is 2.79 bits per heavy atom. The minimum absolute atomic E-state index is 0.595. The van der Waals surface area contributed by atoms with Gasteiger partial charge in [0.1, 0.15) is 0 Å². The highest BCUT2D eigenvalue weighted by Gasteiger charge is 2.33. The van der Waals surface area contributed by atoms with Crippen LogP contribution >= 0.6 is 11.6 Å². The molecule has 1 aliphatic carbocycles. The molecule has 104 valence electrons. The van der Waals surface area contributed by atoms with Gasteiger partial charge in [-0.2, -0.15) is 0 Å². The summed E-state index contributed by atoms with van der Waals surface area (Å²) in [6, 6.07) is 8.55. The van der Waals surface area contributed by atoms with Crippen LogP contribution in [0.15, 0.2) is 29.3 Å². The van der Waals surface area contributed by atoms with Crippen LogP contribution in [0, 0.1) is 5.92 Å². The van der Waals surface area contributed by atoms with Crippen LogP contribution in [-0.4, -0.2) is 25.1 Å². The zero-order chi connectivity index (χ0) is 13.7. The second-order valence-corrected chi connectivity index (χ2v) is 5.47. The van der Waals surface area contributed by atoms with Gasteiger partial charge in [-0.3, -0.25) is 4.99 Å². The molecule has 1 fully saturated rings. The van der Waals surface area contributed by atoms with Crippen LogP contribution < -0.4 is 10.6 Å². The van der Waals surface area contributed by atoms with E-state index >= 15 is 0 Å². The minimum atomic E-state index is 0.595.